The summed E-state index contributed by atoms with van der Waals surface area (Å²) < 4.78 is 16.5. The molecule has 7 heteroatoms. The molecule has 0 fully saturated rings. The zero-order valence-corrected chi connectivity index (χ0v) is 14.8. The molecular formula is C18H13BrN2O4. The minimum Gasteiger partial charge on any atom is -0.497 e. The summed E-state index contributed by atoms with van der Waals surface area (Å²) in [4.78, 5) is 12.4. The standard InChI is InChI=1S/C18H13BrN2O4/c1-23-14-4-2-3-13(8-14)21-18(22)12(9-20)5-11-6-15(19)17-16(7-11)24-10-25-17/h2-8H,10H2,1H3,(H,21,22)/b12-5+. The van der Waals surface area contributed by atoms with E-state index in [-0.39, 0.29) is 12.4 Å². The van der Waals surface area contributed by atoms with E-state index in [1.807, 2.05) is 6.07 Å². The Balaban J connectivity index is 1.84. The molecule has 2 aromatic rings. The minimum atomic E-state index is -0.510. The molecule has 0 aromatic heterocycles. The summed E-state index contributed by atoms with van der Waals surface area (Å²) in [7, 11) is 1.54. The number of nitriles is 1. The van der Waals surface area contributed by atoms with Gasteiger partial charge < -0.3 is 19.5 Å². The van der Waals surface area contributed by atoms with Crippen molar-refractivity contribution in [2.75, 3.05) is 19.2 Å². The molecule has 25 heavy (non-hydrogen) atoms. The molecule has 0 atom stereocenters. The quantitative estimate of drug-likeness (QED) is 0.624. The van der Waals surface area contributed by atoms with Crippen LogP contribution in [0, 0.1) is 11.3 Å². The lowest BCUT2D eigenvalue weighted by Crippen LogP contribution is -2.13. The lowest BCUT2D eigenvalue weighted by molar-refractivity contribution is -0.112. The largest absolute Gasteiger partial charge is 0.497 e. The lowest BCUT2D eigenvalue weighted by Gasteiger charge is -2.07. The summed E-state index contributed by atoms with van der Waals surface area (Å²) in [6.45, 7) is 0.141. The van der Waals surface area contributed by atoms with Gasteiger partial charge in [-0.1, -0.05) is 6.07 Å². The fourth-order valence-electron chi connectivity index (χ4n) is 2.29. The Kier molecular flexibility index (Phi) is 4.91. The number of amides is 1. The van der Waals surface area contributed by atoms with Gasteiger partial charge in [-0.25, -0.2) is 0 Å². The van der Waals surface area contributed by atoms with Crippen molar-refractivity contribution in [2.45, 2.75) is 0 Å². The van der Waals surface area contributed by atoms with Gasteiger partial charge in [0.1, 0.15) is 17.4 Å². The number of ether oxygens (including phenoxy) is 3. The maximum atomic E-state index is 12.4. The van der Waals surface area contributed by atoms with Crippen LogP contribution in [0.3, 0.4) is 0 Å². The predicted octanol–water partition coefficient (Wildman–Crippen LogP) is 3.73. The second-order valence-corrected chi connectivity index (χ2v) is 5.95. The number of anilines is 1. The number of benzene rings is 2. The molecule has 126 valence electrons. The number of nitrogens with one attached hydrogen (secondary N) is 1. The molecule has 1 amide bonds. The number of halogens is 1. The Hall–Kier alpha value is -2.98. The Morgan fingerprint density at radius 2 is 2.20 bits per heavy atom. The van der Waals surface area contributed by atoms with Gasteiger partial charge in [0.2, 0.25) is 6.79 Å². The molecule has 1 N–H and O–H groups in total. The van der Waals surface area contributed by atoms with Crippen LogP contribution in [0.4, 0.5) is 5.69 Å². The maximum Gasteiger partial charge on any atom is 0.266 e. The SMILES string of the molecule is COc1cccc(NC(=O)/C(C#N)=C/c2cc(Br)c3c(c2)OCO3)c1. The fourth-order valence-corrected chi connectivity index (χ4v) is 2.86. The van der Waals surface area contributed by atoms with Crippen molar-refractivity contribution in [3.05, 3.63) is 52.0 Å². The van der Waals surface area contributed by atoms with Crippen LogP contribution >= 0.6 is 15.9 Å². The van der Waals surface area contributed by atoms with E-state index in [2.05, 4.69) is 21.2 Å². The molecular weight excluding hydrogens is 388 g/mol. The van der Waals surface area contributed by atoms with E-state index in [9.17, 15) is 10.1 Å². The molecule has 0 saturated carbocycles. The van der Waals surface area contributed by atoms with Gasteiger partial charge in [-0.2, -0.15) is 5.26 Å². The number of rotatable bonds is 4. The number of hydrogen-bond donors (Lipinski definition) is 1. The van der Waals surface area contributed by atoms with Crippen LogP contribution in [-0.2, 0) is 4.79 Å². The van der Waals surface area contributed by atoms with Crippen LogP contribution in [-0.4, -0.2) is 19.8 Å². The number of carbonyl (C=O) groups is 1. The molecule has 2 aromatic carbocycles. The van der Waals surface area contributed by atoms with Crippen LogP contribution in [0.5, 0.6) is 17.2 Å². The highest BCUT2D eigenvalue weighted by molar-refractivity contribution is 9.10. The molecule has 1 aliphatic rings. The van der Waals surface area contributed by atoms with Gasteiger partial charge in [-0.15, -0.1) is 0 Å². The van der Waals surface area contributed by atoms with E-state index in [4.69, 9.17) is 14.2 Å². The van der Waals surface area contributed by atoms with E-state index in [1.54, 1.807) is 43.5 Å². The van der Waals surface area contributed by atoms with Gasteiger partial charge in [0.05, 0.1) is 11.6 Å². The van der Waals surface area contributed by atoms with Crippen molar-refractivity contribution < 1.29 is 19.0 Å². The monoisotopic (exact) mass is 400 g/mol. The van der Waals surface area contributed by atoms with E-state index < -0.39 is 5.91 Å². The van der Waals surface area contributed by atoms with Gasteiger partial charge in [-0.3, -0.25) is 4.79 Å². The number of nitrogens with zero attached hydrogens (tertiary/aromatic N) is 1. The molecule has 0 saturated heterocycles. The normalized spacial score (nSPS) is 12.4. The Morgan fingerprint density at radius 1 is 1.36 bits per heavy atom. The number of methoxy groups -OCH3 is 1. The highest BCUT2D eigenvalue weighted by Gasteiger charge is 2.18. The topological polar surface area (TPSA) is 80.6 Å². The Bertz CT molecular complexity index is 902. The third-order valence-corrected chi connectivity index (χ3v) is 4.04. The first-order valence-corrected chi connectivity index (χ1v) is 8.06. The van der Waals surface area contributed by atoms with E-state index in [1.165, 1.54) is 6.08 Å². The maximum absolute atomic E-state index is 12.4. The highest BCUT2D eigenvalue weighted by Crippen LogP contribution is 2.40. The first-order chi connectivity index (χ1) is 12.1. The van der Waals surface area contributed by atoms with Crippen molar-refractivity contribution in [3.63, 3.8) is 0 Å². The molecule has 3 rings (SSSR count). The number of fused-ring (bicyclic) bond motifs is 1. The summed E-state index contributed by atoms with van der Waals surface area (Å²) in [5.41, 5.74) is 1.15. The minimum absolute atomic E-state index is 0.0337. The summed E-state index contributed by atoms with van der Waals surface area (Å²) in [6.07, 6.45) is 1.49. The van der Waals surface area contributed by atoms with E-state index in [0.29, 0.717) is 33.0 Å². The zero-order chi connectivity index (χ0) is 17.8. The molecule has 0 unspecified atom stereocenters. The summed E-state index contributed by atoms with van der Waals surface area (Å²) in [5, 5.41) is 12.0. The van der Waals surface area contributed by atoms with Crippen LogP contribution in [0.1, 0.15) is 5.56 Å². The summed E-state index contributed by atoms with van der Waals surface area (Å²) in [6, 6.07) is 12.3. The number of carbonyl (C=O) groups excluding carboxylic acids is 1. The average Bonchev–Trinajstić information content (AvgIpc) is 3.09. The van der Waals surface area contributed by atoms with Crippen molar-refractivity contribution in [2.24, 2.45) is 0 Å². The van der Waals surface area contributed by atoms with Crippen molar-refractivity contribution >= 4 is 33.6 Å². The molecule has 6 nitrogen and oxygen atoms in total. The van der Waals surface area contributed by atoms with E-state index >= 15 is 0 Å². The first-order valence-electron chi connectivity index (χ1n) is 7.27. The van der Waals surface area contributed by atoms with E-state index in [0.717, 1.165) is 0 Å². The van der Waals surface area contributed by atoms with Crippen molar-refractivity contribution in [3.8, 4) is 23.3 Å². The van der Waals surface area contributed by atoms with Gasteiger partial charge in [0.15, 0.2) is 11.5 Å². The third-order valence-electron chi connectivity index (χ3n) is 3.45. The highest BCUT2D eigenvalue weighted by atomic mass is 79.9. The van der Waals surface area contributed by atoms with Crippen LogP contribution in [0.15, 0.2) is 46.4 Å². The second kappa shape index (κ2) is 7.28. The molecule has 1 heterocycles. The Labute approximate surface area is 152 Å². The molecule has 0 radical (unpaired) electrons. The zero-order valence-electron chi connectivity index (χ0n) is 13.2. The summed E-state index contributed by atoms with van der Waals surface area (Å²) in [5.74, 6) is 1.27. The average molecular weight is 401 g/mol. The van der Waals surface area contributed by atoms with Gasteiger partial charge in [0.25, 0.3) is 5.91 Å². The van der Waals surface area contributed by atoms with Crippen molar-refractivity contribution in [1.29, 1.82) is 5.26 Å². The first kappa shape index (κ1) is 16.9. The molecule has 0 aliphatic carbocycles. The molecule has 1 aliphatic heterocycles. The van der Waals surface area contributed by atoms with Crippen molar-refractivity contribution in [1.82, 2.24) is 0 Å². The van der Waals surface area contributed by atoms with Gasteiger partial charge in [0, 0.05) is 11.8 Å². The second-order valence-electron chi connectivity index (χ2n) is 5.09. The summed E-state index contributed by atoms with van der Waals surface area (Å²) >= 11 is 3.39. The lowest BCUT2D eigenvalue weighted by atomic mass is 10.1. The number of hydrogen-bond acceptors (Lipinski definition) is 5. The molecule has 0 spiro atoms. The third kappa shape index (κ3) is 3.75. The van der Waals surface area contributed by atoms with Gasteiger partial charge >= 0.3 is 0 Å². The predicted molar refractivity (Wildman–Crippen MR) is 95.5 cm³/mol. The van der Waals surface area contributed by atoms with Crippen LogP contribution in [0.25, 0.3) is 6.08 Å². The van der Waals surface area contributed by atoms with Crippen LogP contribution in [0.2, 0.25) is 0 Å². The van der Waals surface area contributed by atoms with Crippen LogP contribution < -0.4 is 19.5 Å². The van der Waals surface area contributed by atoms with Gasteiger partial charge in [-0.05, 0) is 51.8 Å². The molecule has 0 bridgehead atoms. The fraction of sp³-hybridized carbons (Fsp3) is 0.111. The smallest absolute Gasteiger partial charge is 0.266 e. The Morgan fingerprint density at radius 3 is 2.96 bits per heavy atom.